The fourth-order valence-corrected chi connectivity index (χ4v) is 2.85. The van der Waals surface area contributed by atoms with Gasteiger partial charge in [0.1, 0.15) is 5.75 Å². The van der Waals surface area contributed by atoms with E-state index in [0.29, 0.717) is 6.42 Å². The molecule has 3 nitrogen and oxygen atoms in total. The van der Waals surface area contributed by atoms with Gasteiger partial charge in [0.2, 0.25) is 5.91 Å². The molecule has 0 radical (unpaired) electrons. The molecule has 4 heteroatoms. The summed E-state index contributed by atoms with van der Waals surface area (Å²) in [5, 5.41) is 3.92. The van der Waals surface area contributed by atoms with E-state index in [0.717, 1.165) is 29.5 Å². The quantitative estimate of drug-likeness (QED) is 0.780. The number of hydrogen-bond donors (Lipinski definition) is 1. The molecule has 0 spiro atoms. The lowest BCUT2D eigenvalue weighted by Crippen LogP contribution is -2.49. The number of carbonyl (C=O) groups excluding carboxylic acids is 1. The number of benzene rings is 1. The third-order valence-corrected chi connectivity index (χ3v) is 4.61. The Kier molecular flexibility index (Phi) is 6.35. The smallest absolute Gasteiger partial charge is 0.224 e. The van der Waals surface area contributed by atoms with Gasteiger partial charge in [-0.05, 0) is 30.5 Å². The fourth-order valence-electron chi connectivity index (χ4n) is 1.92. The van der Waals surface area contributed by atoms with Gasteiger partial charge >= 0.3 is 0 Å². The van der Waals surface area contributed by atoms with Crippen molar-refractivity contribution in [3.8, 4) is 5.75 Å². The molecule has 0 aliphatic rings. The monoisotopic (exact) mass is 327 g/mol. The van der Waals surface area contributed by atoms with Crippen LogP contribution in [-0.2, 0) is 11.2 Å². The second-order valence-electron chi connectivity index (χ2n) is 4.69. The fraction of sp³-hybridized carbons (Fsp3) is 0.533. The first-order valence-electron chi connectivity index (χ1n) is 6.59. The van der Waals surface area contributed by atoms with Crippen molar-refractivity contribution in [2.45, 2.75) is 38.6 Å². The van der Waals surface area contributed by atoms with Gasteiger partial charge in [0.05, 0.1) is 13.5 Å². The average Bonchev–Trinajstić information content (AvgIpc) is 2.46. The number of carbonyl (C=O) groups is 1. The van der Waals surface area contributed by atoms with Gasteiger partial charge in [-0.3, -0.25) is 4.79 Å². The minimum Gasteiger partial charge on any atom is -0.497 e. The molecule has 1 amide bonds. The number of nitrogens with one attached hydrogen (secondary N) is 1. The summed E-state index contributed by atoms with van der Waals surface area (Å²) in [6.07, 6.45) is 2.24. The second-order valence-corrected chi connectivity index (χ2v) is 5.25. The predicted molar refractivity (Wildman–Crippen MR) is 81.9 cm³/mol. The van der Waals surface area contributed by atoms with E-state index in [2.05, 4.69) is 35.1 Å². The summed E-state index contributed by atoms with van der Waals surface area (Å²) in [6, 6.07) is 7.60. The Morgan fingerprint density at radius 1 is 1.26 bits per heavy atom. The number of alkyl halides is 1. The zero-order valence-corrected chi connectivity index (χ0v) is 13.4. The van der Waals surface area contributed by atoms with Crippen LogP contribution in [0.15, 0.2) is 24.3 Å². The second kappa shape index (κ2) is 7.53. The zero-order valence-electron chi connectivity index (χ0n) is 11.8. The molecule has 1 aromatic rings. The highest BCUT2D eigenvalue weighted by Gasteiger charge is 2.26. The summed E-state index contributed by atoms with van der Waals surface area (Å²) in [5.74, 6) is 0.870. The van der Waals surface area contributed by atoms with E-state index in [1.807, 2.05) is 24.3 Å². The molecule has 0 fully saturated rings. The third-order valence-electron chi connectivity index (χ3n) is 3.54. The number of methoxy groups -OCH3 is 1. The van der Waals surface area contributed by atoms with Crippen molar-refractivity contribution in [3.63, 3.8) is 0 Å². The molecule has 0 unspecified atom stereocenters. The van der Waals surface area contributed by atoms with Crippen LogP contribution >= 0.6 is 15.9 Å². The molecule has 0 bridgehead atoms. The SMILES string of the molecule is CCC(CC)(CBr)NC(=O)Cc1ccc(OC)cc1. The first kappa shape index (κ1) is 16.0. The van der Waals surface area contributed by atoms with Gasteiger partial charge in [-0.15, -0.1) is 0 Å². The van der Waals surface area contributed by atoms with Gasteiger partial charge in [-0.1, -0.05) is 41.9 Å². The standard InChI is InChI=1S/C15H22BrNO2/c1-4-15(5-2,11-16)17-14(18)10-12-6-8-13(19-3)9-7-12/h6-9H,4-5,10-11H2,1-3H3,(H,17,18). The first-order chi connectivity index (χ1) is 9.09. The number of ether oxygens (including phenoxy) is 1. The van der Waals surface area contributed by atoms with E-state index in [9.17, 15) is 4.79 Å². The summed E-state index contributed by atoms with van der Waals surface area (Å²) in [6.45, 7) is 4.19. The van der Waals surface area contributed by atoms with Crippen LogP contribution < -0.4 is 10.1 Å². The van der Waals surface area contributed by atoms with Crippen LogP contribution in [0.4, 0.5) is 0 Å². The lowest BCUT2D eigenvalue weighted by Gasteiger charge is -2.31. The number of amides is 1. The molecular formula is C15H22BrNO2. The molecule has 106 valence electrons. The molecule has 19 heavy (non-hydrogen) atoms. The molecule has 1 aromatic carbocycles. The summed E-state index contributed by atoms with van der Waals surface area (Å²) in [5.41, 5.74) is 0.859. The maximum atomic E-state index is 12.1. The topological polar surface area (TPSA) is 38.3 Å². The highest BCUT2D eigenvalue weighted by atomic mass is 79.9. The number of halogens is 1. The molecule has 0 atom stereocenters. The molecule has 0 aliphatic carbocycles. The van der Waals surface area contributed by atoms with E-state index in [-0.39, 0.29) is 11.4 Å². The van der Waals surface area contributed by atoms with Crippen LogP contribution in [0.1, 0.15) is 32.3 Å². The van der Waals surface area contributed by atoms with Crippen molar-refractivity contribution >= 4 is 21.8 Å². The van der Waals surface area contributed by atoms with Crippen molar-refractivity contribution < 1.29 is 9.53 Å². The third kappa shape index (κ3) is 4.53. The lowest BCUT2D eigenvalue weighted by atomic mass is 9.95. The van der Waals surface area contributed by atoms with Crippen molar-refractivity contribution in [2.24, 2.45) is 0 Å². The van der Waals surface area contributed by atoms with Gasteiger partial charge in [0, 0.05) is 10.9 Å². The predicted octanol–water partition coefficient (Wildman–Crippen LogP) is 3.31. The normalized spacial score (nSPS) is 11.2. The molecule has 0 aliphatic heterocycles. The van der Waals surface area contributed by atoms with Crippen molar-refractivity contribution in [2.75, 3.05) is 12.4 Å². The Balaban J connectivity index is 2.63. The first-order valence-corrected chi connectivity index (χ1v) is 7.71. The minimum atomic E-state index is -0.135. The molecule has 1 N–H and O–H groups in total. The van der Waals surface area contributed by atoms with Crippen LogP contribution in [0.5, 0.6) is 5.75 Å². The largest absolute Gasteiger partial charge is 0.497 e. The van der Waals surface area contributed by atoms with Crippen LogP contribution in [0.2, 0.25) is 0 Å². The van der Waals surface area contributed by atoms with Gasteiger partial charge in [0.15, 0.2) is 0 Å². The average molecular weight is 328 g/mol. The van der Waals surface area contributed by atoms with Crippen LogP contribution in [0.25, 0.3) is 0 Å². The highest BCUT2D eigenvalue weighted by molar-refractivity contribution is 9.09. The molecule has 1 rings (SSSR count). The Morgan fingerprint density at radius 2 is 1.84 bits per heavy atom. The summed E-state index contributed by atoms with van der Waals surface area (Å²) < 4.78 is 5.10. The Labute approximate surface area is 123 Å². The molecule has 0 aromatic heterocycles. The van der Waals surface area contributed by atoms with E-state index in [4.69, 9.17) is 4.74 Å². The molecule has 0 saturated heterocycles. The molecule has 0 saturated carbocycles. The van der Waals surface area contributed by atoms with Gasteiger partial charge in [-0.25, -0.2) is 0 Å². The Hall–Kier alpha value is -1.03. The van der Waals surface area contributed by atoms with Crippen LogP contribution in [0.3, 0.4) is 0 Å². The van der Waals surface area contributed by atoms with Crippen molar-refractivity contribution in [3.05, 3.63) is 29.8 Å². The molecule has 0 heterocycles. The van der Waals surface area contributed by atoms with Gasteiger partial charge in [0.25, 0.3) is 0 Å². The molecular weight excluding hydrogens is 306 g/mol. The van der Waals surface area contributed by atoms with Gasteiger partial charge < -0.3 is 10.1 Å². The van der Waals surface area contributed by atoms with E-state index >= 15 is 0 Å². The maximum Gasteiger partial charge on any atom is 0.224 e. The summed E-state index contributed by atoms with van der Waals surface area (Å²) in [4.78, 5) is 12.1. The van der Waals surface area contributed by atoms with Gasteiger partial charge in [-0.2, -0.15) is 0 Å². The lowest BCUT2D eigenvalue weighted by molar-refractivity contribution is -0.122. The van der Waals surface area contributed by atoms with Crippen LogP contribution in [0, 0.1) is 0 Å². The minimum absolute atomic E-state index is 0.0633. The summed E-state index contributed by atoms with van der Waals surface area (Å²) in [7, 11) is 1.63. The van der Waals surface area contributed by atoms with Crippen molar-refractivity contribution in [1.29, 1.82) is 0 Å². The summed E-state index contributed by atoms with van der Waals surface area (Å²) >= 11 is 3.49. The van der Waals surface area contributed by atoms with E-state index in [1.54, 1.807) is 7.11 Å². The van der Waals surface area contributed by atoms with Crippen LogP contribution in [-0.4, -0.2) is 23.9 Å². The number of rotatable bonds is 7. The Morgan fingerprint density at radius 3 is 2.26 bits per heavy atom. The Bertz CT molecular complexity index is 391. The maximum absolute atomic E-state index is 12.1. The van der Waals surface area contributed by atoms with E-state index < -0.39 is 0 Å². The van der Waals surface area contributed by atoms with Crippen molar-refractivity contribution in [1.82, 2.24) is 5.32 Å². The van der Waals surface area contributed by atoms with E-state index in [1.165, 1.54) is 0 Å². The highest BCUT2D eigenvalue weighted by Crippen LogP contribution is 2.18. The zero-order chi connectivity index (χ0) is 14.3. The number of hydrogen-bond acceptors (Lipinski definition) is 2.